The molecule has 0 amide bonds. The Bertz CT molecular complexity index is 434. The van der Waals surface area contributed by atoms with Crippen molar-refractivity contribution >= 4 is 30.2 Å². The van der Waals surface area contributed by atoms with Crippen LogP contribution >= 0.6 is 30.2 Å². The van der Waals surface area contributed by atoms with E-state index in [1.165, 1.54) is 0 Å². The molecule has 0 bridgehead atoms. The largest absolute Gasteiger partial charge is 0.480 e. The number of para-hydroxylation sites is 1. The number of rotatable bonds is 7. The van der Waals surface area contributed by atoms with Crippen LogP contribution in [0.3, 0.4) is 0 Å². The number of ether oxygens (including phenoxy) is 1. The summed E-state index contributed by atoms with van der Waals surface area (Å²) in [6.07, 6.45) is -0.435. The van der Waals surface area contributed by atoms with Crippen molar-refractivity contribution in [3.05, 3.63) is 27.8 Å². The molecule has 0 saturated carbocycles. The lowest BCUT2D eigenvalue weighted by molar-refractivity contribution is 0.129. The molecule has 0 N–H and O–H groups in total. The third kappa shape index (κ3) is 6.25. The van der Waals surface area contributed by atoms with Gasteiger partial charge >= 0.3 is 7.60 Å². The minimum Gasteiger partial charge on any atom is -0.480 e. The van der Waals surface area contributed by atoms with E-state index in [1.54, 1.807) is 0 Å². The zero-order valence-electron chi connectivity index (χ0n) is 11.6. The third-order valence-electron chi connectivity index (χ3n) is 1.96. The lowest BCUT2D eigenvalue weighted by atomic mass is 10.3. The molecule has 1 aromatic rings. The summed E-state index contributed by atoms with van der Waals surface area (Å²) in [4.78, 5) is 0. The Balaban J connectivity index is 2.73. The molecule has 19 heavy (non-hydrogen) atoms. The molecule has 0 aliphatic heterocycles. The third-order valence-corrected chi connectivity index (χ3v) is 4.78. The van der Waals surface area contributed by atoms with Crippen LogP contribution in [-0.4, -0.2) is 18.6 Å². The second-order valence-electron chi connectivity index (χ2n) is 4.62. The van der Waals surface area contributed by atoms with Crippen molar-refractivity contribution in [3.8, 4) is 5.75 Å². The maximum absolute atomic E-state index is 12.5. The van der Waals surface area contributed by atoms with Gasteiger partial charge in [0.2, 0.25) is 0 Å². The molecule has 0 aliphatic rings. The van der Waals surface area contributed by atoms with E-state index >= 15 is 0 Å². The zero-order chi connectivity index (χ0) is 14.5. The van der Waals surface area contributed by atoms with Crippen LogP contribution in [0.1, 0.15) is 27.7 Å². The van der Waals surface area contributed by atoms with Crippen molar-refractivity contribution in [1.29, 1.82) is 0 Å². The van der Waals surface area contributed by atoms with Gasteiger partial charge in [0, 0.05) is 0 Å². The van der Waals surface area contributed by atoms with E-state index in [2.05, 4.69) is 22.6 Å². The molecule has 1 aromatic carbocycles. The Hall–Kier alpha value is -0.100. The smallest absolute Gasteiger partial charge is 0.368 e. The molecule has 1 rings (SSSR count). The molecule has 108 valence electrons. The summed E-state index contributed by atoms with van der Waals surface area (Å²) in [6.45, 7) is 7.29. The topological polar surface area (TPSA) is 44.8 Å². The Morgan fingerprint density at radius 2 is 1.63 bits per heavy atom. The average molecular weight is 398 g/mol. The van der Waals surface area contributed by atoms with Gasteiger partial charge in [-0.2, -0.15) is 0 Å². The molecule has 0 spiro atoms. The van der Waals surface area contributed by atoms with Crippen molar-refractivity contribution in [3.63, 3.8) is 0 Å². The van der Waals surface area contributed by atoms with E-state index in [0.29, 0.717) is 5.75 Å². The van der Waals surface area contributed by atoms with Crippen molar-refractivity contribution in [2.45, 2.75) is 39.9 Å². The first-order valence-corrected chi connectivity index (χ1v) is 8.96. The van der Waals surface area contributed by atoms with E-state index in [1.807, 2.05) is 52.0 Å². The minimum absolute atomic E-state index is 0.0800. The van der Waals surface area contributed by atoms with E-state index in [-0.39, 0.29) is 18.6 Å². The first kappa shape index (κ1) is 17.0. The molecule has 0 aromatic heterocycles. The predicted molar refractivity (Wildman–Crippen MR) is 84.7 cm³/mol. The number of hydrogen-bond acceptors (Lipinski definition) is 4. The summed E-state index contributed by atoms with van der Waals surface area (Å²) in [7, 11) is -3.24. The van der Waals surface area contributed by atoms with Gasteiger partial charge in [-0.05, 0) is 62.4 Å². The van der Waals surface area contributed by atoms with E-state index in [9.17, 15) is 4.57 Å². The Kier molecular flexibility index (Phi) is 6.80. The highest BCUT2D eigenvalue weighted by Crippen LogP contribution is 2.50. The molecule has 0 unspecified atom stereocenters. The Morgan fingerprint density at radius 1 is 1.11 bits per heavy atom. The van der Waals surface area contributed by atoms with Crippen LogP contribution in [0.4, 0.5) is 0 Å². The quantitative estimate of drug-likeness (QED) is 0.495. The van der Waals surface area contributed by atoms with Crippen LogP contribution < -0.4 is 4.74 Å². The molecule has 0 saturated heterocycles. The molecular weight excluding hydrogens is 378 g/mol. The highest BCUT2D eigenvalue weighted by atomic mass is 127. The summed E-state index contributed by atoms with van der Waals surface area (Å²) in [5, 5.41) is 0. The minimum atomic E-state index is -3.24. The van der Waals surface area contributed by atoms with Crippen LogP contribution in [-0.2, 0) is 13.6 Å². The molecule has 0 heterocycles. The fraction of sp³-hybridized carbons (Fsp3) is 0.538. The van der Waals surface area contributed by atoms with E-state index < -0.39 is 7.60 Å². The van der Waals surface area contributed by atoms with E-state index in [4.69, 9.17) is 13.8 Å². The van der Waals surface area contributed by atoms with Crippen molar-refractivity contribution in [2.75, 3.05) is 6.35 Å². The SMILES string of the molecule is CC(C)OP(=O)(COc1ccccc1I)OC(C)C. The van der Waals surface area contributed by atoms with Crippen LogP contribution in [0.25, 0.3) is 0 Å². The summed E-state index contributed by atoms with van der Waals surface area (Å²) in [5.41, 5.74) is 0. The van der Waals surface area contributed by atoms with Gasteiger partial charge in [0.25, 0.3) is 0 Å². The van der Waals surface area contributed by atoms with Gasteiger partial charge in [-0.1, -0.05) is 12.1 Å². The standard InChI is InChI=1S/C13H20IO4P/c1-10(2)17-19(15,18-11(3)4)9-16-13-8-6-5-7-12(13)14/h5-8,10-11H,9H2,1-4H3. The van der Waals surface area contributed by atoms with Gasteiger partial charge < -0.3 is 13.8 Å². The van der Waals surface area contributed by atoms with Gasteiger partial charge in [-0.15, -0.1) is 0 Å². The van der Waals surface area contributed by atoms with Gasteiger partial charge in [0.15, 0.2) is 6.35 Å². The van der Waals surface area contributed by atoms with Crippen LogP contribution in [0.5, 0.6) is 5.75 Å². The van der Waals surface area contributed by atoms with Crippen LogP contribution in [0.2, 0.25) is 0 Å². The summed E-state index contributed by atoms with van der Waals surface area (Å²) >= 11 is 2.17. The lowest BCUT2D eigenvalue weighted by Crippen LogP contribution is -2.13. The second-order valence-corrected chi connectivity index (χ2v) is 7.69. The molecule has 6 heteroatoms. The highest BCUT2D eigenvalue weighted by molar-refractivity contribution is 14.1. The van der Waals surface area contributed by atoms with Crippen molar-refractivity contribution < 1.29 is 18.3 Å². The summed E-state index contributed by atoms with van der Waals surface area (Å²) < 4.78 is 29.9. The first-order chi connectivity index (χ1) is 8.82. The van der Waals surface area contributed by atoms with Crippen LogP contribution in [0.15, 0.2) is 24.3 Å². The Morgan fingerprint density at radius 3 is 2.11 bits per heavy atom. The normalized spacial score (nSPS) is 12.2. The maximum atomic E-state index is 12.5. The number of halogens is 1. The fourth-order valence-corrected chi connectivity index (χ4v) is 3.74. The molecular formula is C13H20IO4P. The summed E-state index contributed by atoms with van der Waals surface area (Å²) in [5.74, 6) is 0.683. The average Bonchev–Trinajstić information content (AvgIpc) is 2.25. The molecule has 0 aliphatic carbocycles. The van der Waals surface area contributed by atoms with Gasteiger partial charge in [-0.25, -0.2) is 0 Å². The zero-order valence-corrected chi connectivity index (χ0v) is 14.7. The fourth-order valence-electron chi connectivity index (χ4n) is 1.44. The van der Waals surface area contributed by atoms with Crippen LogP contribution in [0, 0.1) is 3.57 Å². The monoisotopic (exact) mass is 398 g/mol. The maximum Gasteiger partial charge on any atom is 0.368 e. The first-order valence-electron chi connectivity index (χ1n) is 6.15. The summed E-state index contributed by atoms with van der Waals surface area (Å²) in [6, 6.07) is 7.54. The highest BCUT2D eigenvalue weighted by Gasteiger charge is 2.29. The van der Waals surface area contributed by atoms with Gasteiger partial charge in [0.05, 0.1) is 15.8 Å². The number of hydrogen-bond donors (Lipinski definition) is 0. The van der Waals surface area contributed by atoms with Gasteiger partial charge in [-0.3, -0.25) is 4.57 Å². The van der Waals surface area contributed by atoms with Crippen molar-refractivity contribution in [2.24, 2.45) is 0 Å². The molecule has 0 atom stereocenters. The number of benzene rings is 1. The lowest BCUT2D eigenvalue weighted by Gasteiger charge is -2.23. The Labute approximate surface area is 128 Å². The molecule has 0 radical (unpaired) electrons. The second kappa shape index (κ2) is 7.62. The molecule has 4 nitrogen and oxygen atoms in total. The van der Waals surface area contributed by atoms with E-state index in [0.717, 1.165) is 3.57 Å². The van der Waals surface area contributed by atoms with Crippen molar-refractivity contribution in [1.82, 2.24) is 0 Å². The van der Waals surface area contributed by atoms with Gasteiger partial charge in [0.1, 0.15) is 5.75 Å². The molecule has 0 fully saturated rings. The predicted octanol–water partition coefficient (Wildman–Crippen LogP) is 4.67.